The van der Waals surface area contributed by atoms with Crippen molar-refractivity contribution < 1.29 is 14.7 Å². The first-order chi connectivity index (χ1) is 7.93. The maximum atomic E-state index is 12.0. The second-order valence-corrected chi connectivity index (χ2v) is 4.90. The minimum atomic E-state index is -0.885. The number of likely N-dealkylation sites (tertiary alicyclic amines) is 1. The molecule has 1 aliphatic heterocycles. The summed E-state index contributed by atoms with van der Waals surface area (Å²) in [5.74, 6) is -1.46. The summed E-state index contributed by atoms with van der Waals surface area (Å²) < 4.78 is 0. The monoisotopic (exact) mass is 242 g/mol. The standard InChI is InChI=1S/C12H22N2O3/c1-8-6-4-5-7-14(8)12(17)13-10(3)9(2)11(15)16/h8-10H,4-7H2,1-3H3,(H,13,17)(H,15,16). The van der Waals surface area contributed by atoms with E-state index in [0.717, 1.165) is 25.8 Å². The Labute approximate surface area is 102 Å². The van der Waals surface area contributed by atoms with E-state index in [1.807, 2.05) is 6.92 Å². The van der Waals surface area contributed by atoms with Crippen LogP contribution in [0.25, 0.3) is 0 Å². The number of amides is 2. The van der Waals surface area contributed by atoms with Crippen LogP contribution in [-0.2, 0) is 4.79 Å². The summed E-state index contributed by atoms with van der Waals surface area (Å²) in [5, 5.41) is 11.6. The zero-order valence-electron chi connectivity index (χ0n) is 10.8. The van der Waals surface area contributed by atoms with Gasteiger partial charge in [0.15, 0.2) is 0 Å². The second-order valence-electron chi connectivity index (χ2n) is 4.90. The molecule has 3 unspecified atom stereocenters. The molecule has 98 valence electrons. The molecule has 0 aromatic heterocycles. The Balaban J connectivity index is 2.50. The molecule has 3 atom stereocenters. The van der Waals surface area contributed by atoms with Gasteiger partial charge in [0.1, 0.15) is 0 Å². The number of aliphatic carboxylic acids is 1. The van der Waals surface area contributed by atoms with Gasteiger partial charge in [-0.05, 0) is 40.0 Å². The van der Waals surface area contributed by atoms with Crippen molar-refractivity contribution in [3.8, 4) is 0 Å². The van der Waals surface area contributed by atoms with E-state index < -0.39 is 11.9 Å². The summed E-state index contributed by atoms with van der Waals surface area (Å²) in [7, 11) is 0. The highest BCUT2D eigenvalue weighted by Gasteiger charge is 2.27. The predicted octanol–water partition coefficient (Wildman–Crippen LogP) is 1.68. The lowest BCUT2D eigenvalue weighted by atomic mass is 10.0. The predicted molar refractivity (Wildman–Crippen MR) is 64.8 cm³/mol. The molecule has 5 heteroatoms. The molecule has 1 aliphatic rings. The SMILES string of the molecule is CC(NC(=O)N1CCCCC1C)C(C)C(=O)O. The number of carboxylic acid groups (broad SMARTS) is 1. The molecule has 0 aromatic rings. The molecule has 0 radical (unpaired) electrons. The molecule has 1 fully saturated rings. The minimum absolute atomic E-state index is 0.141. The van der Waals surface area contributed by atoms with Gasteiger partial charge in [-0.2, -0.15) is 0 Å². The molecule has 17 heavy (non-hydrogen) atoms. The van der Waals surface area contributed by atoms with Crippen molar-refractivity contribution in [2.45, 2.75) is 52.1 Å². The van der Waals surface area contributed by atoms with E-state index >= 15 is 0 Å². The van der Waals surface area contributed by atoms with Crippen LogP contribution in [0.1, 0.15) is 40.0 Å². The van der Waals surface area contributed by atoms with Gasteiger partial charge in [-0.25, -0.2) is 4.79 Å². The lowest BCUT2D eigenvalue weighted by Gasteiger charge is -2.34. The topological polar surface area (TPSA) is 69.6 Å². The van der Waals surface area contributed by atoms with Gasteiger partial charge in [-0.3, -0.25) is 4.79 Å². The third-order valence-corrected chi connectivity index (χ3v) is 3.55. The van der Waals surface area contributed by atoms with E-state index in [1.54, 1.807) is 18.7 Å². The van der Waals surface area contributed by atoms with Gasteiger partial charge < -0.3 is 15.3 Å². The van der Waals surface area contributed by atoms with Gasteiger partial charge in [0.2, 0.25) is 0 Å². The largest absolute Gasteiger partial charge is 0.481 e. The number of carbonyl (C=O) groups excluding carboxylic acids is 1. The Bertz CT molecular complexity index is 293. The van der Waals surface area contributed by atoms with Gasteiger partial charge >= 0.3 is 12.0 Å². The molecule has 1 saturated heterocycles. The van der Waals surface area contributed by atoms with Crippen LogP contribution in [-0.4, -0.2) is 40.6 Å². The van der Waals surface area contributed by atoms with Crippen LogP contribution in [0.3, 0.4) is 0 Å². The highest BCUT2D eigenvalue weighted by Crippen LogP contribution is 2.16. The maximum Gasteiger partial charge on any atom is 0.317 e. The summed E-state index contributed by atoms with van der Waals surface area (Å²) in [6.07, 6.45) is 3.21. The van der Waals surface area contributed by atoms with Gasteiger partial charge in [0.25, 0.3) is 0 Å². The third kappa shape index (κ3) is 3.61. The highest BCUT2D eigenvalue weighted by atomic mass is 16.4. The highest BCUT2D eigenvalue weighted by molar-refractivity contribution is 5.77. The smallest absolute Gasteiger partial charge is 0.317 e. The van der Waals surface area contributed by atoms with E-state index in [9.17, 15) is 9.59 Å². The average Bonchev–Trinajstić information content (AvgIpc) is 2.28. The first-order valence-corrected chi connectivity index (χ1v) is 6.23. The number of hydrogen-bond donors (Lipinski definition) is 2. The zero-order valence-corrected chi connectivity index (χ0v) is 10.8. The summed E-state index contributed by atoms with van der Waals surface area (Å²) in [4.78, 5) is 24.6. The van der Waals surface area contributed by atoms with Gasteiger partial charge in [0.05, 0.1) is 5.92 Å². The van der Waals surface area contributed by atoms with Crippen molar-refractivity contribution >= 4 is 12.0 Å². The Kier molecular flexibility index (Phi) is 4.78. The molecule has 0 aliphatic carbocycles. The van der Waals surface area contributed by atoms with Crippen molar-refractivity contribution in [2.24, 2.45) is 5.92 Å². The first kappa shape index (κ1) is 13.8. The average molecular weight is 242 g/mol. The molecule has 1 heterocycles. The van der Waals surface area contributed by atoms with Crippen LogP contribution in [0.15, 0.2) is 0 Å². The number of piperidine rings is 1. The number of urea groups is 1. The second kappa shape index (κ2) is 5.89. The number of carboxylic acids is 1. The summed E-state index contributed by atoms with van der Waals surface area (Å²) >= 11 is 0. The molecule has 0 aromatic carbocycles. The van der Waals surface area contributed by atoms with Crippen molar-refractivity contribution in [1.82, 2.24) is 10.2 Å². The Morgan fingerprint density at radius 2 is 2.00 bits per heavy atom. The number of carbonyl (C=O) groups is 2. The maximum absolute atomic E-state index is 12.0. The van der Waals surface area contributed by atoms with Crippen LogP contribution >= 0.6 is 0 Å². The van der Waals surface area contributed by atoms with Gasteiger partial charge in [-0.15, -0.1) is 0 Å². The zero-order chi connectivity index (χ0) is 13.0. The Hall–Kier alpha value is -1.26. The van der Waals surface area contributed by atoms with E-state index in [1.165, 1.54) is 0 Å². The summed E-state index contributed by atoms with van der Waals surface area (Å²) in [5.41, 5.74) is 0. The van der Waals surface area contributed by atoms with Crippen molar-refractivity contribution in [1.29, 1.82) is 0 Å². The quantitative estimate of drug-likeness (QED) is 0.791. The third-order valence-electron chi connectivity index (χ3n) is 3.55. The molecule has 0 bridgehead atoms. The number of rotatable bonds is 3. The molecule has 1 rings (SSSR count). The van der Waals surface area contributed by atoms with Crippen LogP contribution in [0.4, 0.5) is 4.79 Å². The molecule has 2 N–H and O–H groups in total. The van der Waals surface area contributed by atoms with Crippen molar-refractivity contribution in [3.63, 3.8) is 0 Å². The summed E-state index contributed by atoms with van der Waals surface area (Å²) in [6, 6.07) is -0.247. The number of hydrogen-bond acceptors (Lipinski definition) is 2. The van der Waals surface area contributed by atoms with E-state index in [0.29, 0.717) is 0 Å². The fraction of sp³-hybridized carbons (Fsp3) is 0.833. The molecular formula is C12H22N2O3. The molecule has 0 saturated carbocycles. The van der Waals surface area contributed by atoms with E-state index in [-0.39, 0.29) is 18.1 Å². The summed E-state index contributed by atoms with van der Waals surface area (Å²) in [6.45, 7) is 6.13. The lowest BCUT2D eigenvalue weighted by Crippen LogP contribution is -2.51. The van der Waals surface area contributed by atoms with Crippen molar-refractivity contribution in [3.05, 3.63) is 0 Å². The van der Waals surface area contributed by atoms with Crippen molar-refractivity contribution in [2.75, 3.05) is 6.54 Å². The first-order valence-electron chi connectivity index (χ1n) is 6.23. The van der Waals surface area contributed by atoms with Gasteiger partial charge in [0, 0.05) is 18.6 Å². The molecule has 5 nitrogen and oxygen atoms in total. The Morgan fingerprint density at radius 3 is 2.53 bits per heavy atom. The van der Waals surface area contributed by atoms with E-state index in [4.69, 9.17) is 5.11 Å². The number of nitrogens with zero attached hydrogens (tertiary/aromatic N) is 1. The normalized spacial score (nSPS) is 23.9. The van der Waals surface area contributed by atoms with Gasteiger partial charge in [-0.1, -0.05) is 0 Å². The molecule has 0 spiro atoms. The minimum Gasteiger partial charge on any atom is -0.481 e. The number of nitrogens with one attached hydrogen (secondary N) is 1. The fourth-order valence-electron chi connectivity index (χ4n) is 2.02. The van der Waals surface area contributed by atoms with Crippen LogP contribution in [0.5, 0.6) is 0 Å². The van der Waals surface area contributed by atoms with Crippen LogP contribution < -0.4 is 5.32 Å². The van der Waals surface area contributed by atoms with Crippen LogP contribution in [0.2, 0.25) is 0 Å². The Morgan fingerprint density at radius 1 is 1.35 bits per heavy atom. The molecule has 2 amide bonds. The van der Waals surface area contributed by atoms with E-state index in [2.05, 4.69) is 5.32 Å². The van der Waals surface area contributed by atoms with Crippen LogP contribution in [0, 0.1) is 5.92 Å². The molecular weight excluding hydrogens is 220 g/mol. The lowest BCUT2D eigenvalue weighted by molar-refractivity contribution is -0.141. The fourth-order valence-corrected chi connectivity index (χ4v) is 2.02.